The highest BCUT2D eigenvalue weighted by Crippen LogP contribution is 2.45. The van der Waals surface area contributed by atoms with Crippen LogP contribution in [0.1, 0.15) is 47.7 Å². The number of hydrogen-bond donors (Lipinski definition) is 1. The number of nitrogens with zero attached hydrogens (tertiary/aromatic N) is 1. The van der Waals surface area contributed by atoms with Crippen LogP contribution in [0.2, 0.25) is 0 Å². The number of nitrogens with two attached hydrogens (primary N) is 1. The Morgan fingerprint density at radius 1 is 1.33 bits per heavy atom. The van der Waals surface area contributed by atoms with Gasteiger partial charge >= 0.3 is 5.97 Å². The summed E-state index contributed by atoms with van der Waals surface area (Å²) in [5.74, 6) is -0.844. The van der Waals surface area contributed by atoms with Gasteiger partial charge in [0.1, 0.15) is 11.6 Å². The minimum absolute atomic E-state index is 0.0417. The van der Waals surface area contributed by atoms with E-state index < -0.39 is 24.5 Å². The van der Waals surface area contributed by atoms with Gasteiger partial charge < -0.3 is 15.2 Å². The monoisotopic (exact) mass is 458 g/mol. The zero-order valence-electron chi connectivity index (χ0n) is 19.8. The fourth-order valence-corrected chi connectivity index (χ4v) is 4.56. The highest BCUT2D eigenvalue weighted by Gasteiger charge is 2.38. The first-order valence-electron chi connectivity index (χ1n) is 11.0. The van der Waals surface area contributed by atoms with E-state index in [2.05, 4.69) is 16.6 Å². The number of nitrogen functional groups attached to an aromatic ring is 1. The van der Waals surface area contributed by atoms with Gasteiger partial charge in [0.2, 0.25) is 0 Å². The number of alkyl halides is 1. The molecule has 1 unspecified atom stereocenters. The maximum Gasteiger partial charge on any atom is 0.330 e. The Hall–Kier alpha value is -2.93. The molecule has 3 rings (SSSR count). The van der Waals surface area contributed by atoms with E-state index in [1.54, 1.807) is 6.07 Å². The molecule has 1 heterocycles. The zero-order chi connectivity index (χ0) is 24.3. The average molecular weight is 459 g/mol. The Labute approximate surface area is 194 Å². The van der Waals surface area contributed by atoms with Gasteiger partial charge in [-0.2, -0.15) is 0 Å². The number of fused-ring (bicyclic) bond motifs is 1. The van der Waals surface area contributed by atoms with Crippen LogP contribution in [-0.4, -0.2) is 44.3 Å². The van der Waals surface area contributed by atoms with Gasteiger partial charge in [-0.1, -0.05) is 13.0 Å². The van der Waals surface area contributed by atoms with Crippen molar-refractivity contribution in [3.8, 4) is 5.75 Å². The Morgan fingerprint density at radius 3 is 2.70 bits per heavy atom. The summed E-state index contributed by atoms with van der Waals surface area (Å²) in [6.07, 6.45) is 3.45. The largest absolute Gasteiger partial charge is 0.496 e. The van der Waals surface area contributed by atoms with Crippen LogP contribution in [-0.2, 0) is 16.0 Å². The Morgan fingerprint density at radius 2 is 2.06 bits per heavy atom. The highest BCUT2D eigenvalue weighted by molar-refractivity contribution is 5.87. The first-order valence-corrected chi connectivity index (χ1v) is 11.0. The van der Waals surface area contributed by atoms with E-state index in [0.717, 1.165) is 23.1 Å². The van der Waals surface area contributed by atoms with Gasteiger partial charge in [0.05, 0.1) is 32.5 Å². The molecule has 0 bridgehead atoms. The Bertz CT molecular complexity index is 1050. The van der Waals surface area contributed by atoms with E-state index in [1.807, 2.05) is 26.0 Å². The second-order valence-electron chi connectivity index (χ2n) is 8.73. The van der Waals surface area contributed by atoms with Gasteiger partial charge in [-0.15, -0.1) is 0 Å². The molecule has 0 fully saturated rings. The van der Waals surface area contributed by atoms with Crippen LogP contribution in [0.15, 0.2) is 30.3 Å². The molecule has 3 atom stereocenters. The van der Waals surface area contributed by atoms with Crippen molar-refractivity contribution in [1.82, 2.24) is 4.90 Å². The zero-order valence-corrected chi connectivity index (χ0v) is 19.8. The standard InChI is InChI=1S/C26H32F2N2O3/c1-15(13-27)14-30-16(2)10-20-17(3)22(29)8-7-19(20)26(30)25-21(28)11-18(12-23(25)32-4)6-9-24(31)33-5/h6-9,11-12,15-16,26H,10,13-14,29H2,1-5H3/b9-6+/t15-,16-,26?/m1/s1. The number of carbonyl (C=O) groups excluding carboxylic acids is 1. The summed E-state index contributed by atoms with van der Waals surface area (Å²) in [7, 11) is 2.77. The Kier molecular flexibility index (Phi) is 7.74. The number of carbonyl (C=O) groups is 1. The molecule has 0 aromatic heterocycles. The molecule has 0 radical (unpaired) electrons. The first-order chi connectivity index (χ1) is 15.7. The minimum atomic E-state index is -0.534. The lowest BCUT2D eigenvalue weighted by Crippen LogP contribution is -2.45. The summed E-state index contributed by atoms with van der Waals surface area (Å²) in [6.45, 7) is 5.91. The van der Waals surface area contributed by atoms with Crippen molar-refractivity contribution in [1.29, 1.82) is 0 Å². The SMILES string of the molecule is COC(=O)/C=C/c1cc(F)c(C2c3ccc(N)c(C)c3C[C@@H](C)N2C[C@H](C)CF)c(OC)c1. The molecule has 1 aliphatic heterocycles. The average Bonchev–Trinajstić information content (AvgIpc) is 2.80. The molecule has 2 aromatic carbocycles. The van der Waals surface area contributed by atoms with Crippen LogP contribution in [0.4, 0.5) is 14.5 Å². The predicted molar refractivity (Wildman–Crippen MR) is 126 cm³/mol. The fourth-order valence-electron chi connectivity index (χ4n) is 4.56. The van der Waals surface area contributed by atoms with Crippen molar-refractivity contribution in [2.24, 2.45) is 5.92 Å². The lowest BCUT2D eigenvalue weighted by Gasteiger charge is -2.44. The second-order valence-corrected chi connectivity index (χ2v) is 8.73. The molecule has 0 amide bonds. The van der Waals surface area contributed by atoms with E-state index in [9.17, 15) is 9.18 Å². The first kappa shape index (κ1) is 24.7. The highest BCUT2D eigenvalue weighted by atomic mass is 19.1. The summed E-state index contributed by atoms with van der Waals surface area (Å²) in [5, 5.41) is 0. The molecule has 1 aliphatic rings. The third-order valence-electron chi connectivity index (χ3n) is 6.37. The maximum absolute atomic E-state index is 15.7. The number of methoxy groups -OCH3 is 2. The third kappa shape index (κ3) is 5.03. The summed E-state index contributed by atoms with van der Waals surface area (Å²) < 4.78 is 39.4. The molecule has 2 aromatic rings. The maximum atomic E-state index is 15.7. The molecule has 5 nitrogen and oxygen atoms in total. The van der Waals surface area contributed by atoms with Crippen molar-refractivity contribution in [2.75, 3.05) is 33.2 Å². The summed E-state index contributed by atoms with van der Waals surface area (Å²) in [4.78, 5) is 13.6. The third-order valence-corrected chi connectivity index (χ3v) is 6.37. The molecular formula is C26H32F2N2O3. The van der Waals surface area contributed by atoms with Crippen molar-refractivity contribution in [2.45, 2.75) is 39.3 Å². The van der Waals surface area contributed by atoms with Crippen LogP contribution in [0.25, 0.3) is 6.08 Å². The van der Waals surface area contributed by atoms with E-state index in [-0.39, 0.29) is 12.0 Å². The quantitative estimate of drug-likeness (QED) is 0.365. The molecule has 178 valence electrons. The van der Waals surface area contributed by atoms with Crippen molar-refractivity contribution in [3.05, 3.63) is 64.0 Å². The second kappa shape index (κ2) is 10.3. The van der Waals surface area contributed by atoms with Crippen molar-refractivity contribution < 1.29 is 23.0 Å². The van der Waals surface area contributed by atoms with Crippen LogP contribution in [0.5, 0.6) is 5.75 Å². The number of anilines is 1. The fraction of sp³-hybridized carbons (Fsp3) is 0.423. The lowest BCUT2D eigenvalue weighted by atomic mass is 9.81. The van der Waals surface area contributed by atoms with Gasteiger partial charge in [0.25, 0.3) is 0 Å². The number of rotatable bonds is 7. The molecule has 33 heavy (non-hydrogen) atoms. The van der Waals surface area contributed by atoms with Gasteiger partial charge in [-0.3, -0.25) is 9.29 Å². The van der Waals surface area contributed by atoms with Crippen LogP contribution < -0.4 is 10.5 Å². The van der Waals surface area contributed by atoms with Crippen molar-refractivity contribution in [3.63, 3.8) is 0 Å². The molecule has 0 saturated heterocycles. The summed E-state index contributed by atoms with van der Waals surface area (Å²) in [5.41, 5.74) is 10.8. The van der Waals surface area contributed by atoms with E-state index >= 15 is 4.39 Å². The molecule has 0 saturated carbocycles. The summed E-state index contributed by atoms with van der Waals surface area (Å²) >= 11 is 0. The number of halogens is 2. The number of hydrogen-bond acceptors (Lipinski definition) is 5. The molecule has 0 spiro atoms. The normalized spacial score (nSPS) is 19.4. The number of esters is 1. The van der Waals surface area contributed by atoms with Crippen LogP contribution >= 0.6 is 0 Å². The van der Waals surface area contributed by atoms with E-state index in [0.29, 0.717) is 29.1 Å². The summed E-state index contributed by atoms with van der Waals surface area (Å²) in [6, 6.07) is 6.41. The van der Waals surface area contributed by atoms with E-state index in [1.165, 1.54) is 32.4 Å². The van der Waals surface area contributed by atoms with Gasteiger partial charge in [0, 0.05) is 24.4 Å². The molecule has 2 N–H and O–H groups in total. The van der Waals surface area contributed by atoms with Gasteiger partial charge in [0.15, 0.2) is 0 Å². The van der Waals surface area contributed by atoms with Gasteiger partial charge in [-0.25, -0.2) is 9.18 Å². The molecular weight excluding hydrogens is 426 g/mol. The minimum Gasteiger partial charge on any atom is -0.496 e. The topological polar surface area (TPSA) is 64.8 Å². The number of benzene rings is 2. The number of ether oxygens (including phenoxy) is 2. The van der Waals surface area contributed by atoms with Crippen LogP contribution in [0.3, 0.4) is 0 Å². The lowest BCUT2D eigenvalue weighted by molar-refractivity contribution is -0.134. The van der Waals surface area contributed by atoms with Crippen molar-refractivity contribution >= 4 is 17.7 Å². The Balaban J connectivity index is 2.20. The molecule has 0 aliphatic carbocycles. The van der Waals surface area contributed by atoms with E-state index in [4.69, 9.17) is 10.5 Å². The van der Waals surface area contributed by atoms with Crippen LogP contribution in [0, 0.1) is 18.7 Å². The molecule has 7 heteroatoms. The van der Waals surface area contributed by atoms with Gasteiger partial charge in [-0.05, 0) is 72.7 Å². The smallest absolute Gasteiger partial charge is 0.330 e. The predicted octanol–water partition coefficient (Wildman–Crippen LogP) is 4.85.